The first-order valence-corrected chi connectivity index (χ1v) is 11.2. The predicted octanol–water partition coefficient (Wildman–Crippen LogP) is 1.94. The highest BCUT2D eigenvalue weighted by Gasteiger charge is 2.24. The number of benzene rings is 1. The second-order valence-electron chi connectivity index (χ2n) is 8.60. The van der Waals surface area contributed by atoms with Crippen LogP contribution < -0.4 is 15.4 Å². The maximum Gasteiger partial charge on any atom is 0.241 e. The lowest BCUT2D eigenvalue weighted by Gasteiger charge is -2.34. The number of nitrogens with zero attached hydrogens (tertiary/aromatic N) is 3. The third-order valence-corrected chi connectivity index (χ3v) is 5.95. The van der Waals surface area contributed by atoms with Gasteiger partial charge >= 0.3 is 0 Å². The van der Waals surface area contributed by atoms with E-state index in [1.165, 1.54) is 6.42 Å². The summed E-state index contributed by atoms with van der Waals surface area (Å²) < 4.78 is 10.7. The summed E-state index contributed by atoms with van der Waals surface area (Å²) in [4.78, 5) is 20.9. The summed E-state index contributed by atoms with van der Waals surface area (Å²) in [6.45, 7) is 5.88. The monoisotopic (exact) mass is 559 g/mol. The molecule has 2 fully saturated rings. The Bertz CT molecular complexity index is 715. The van der Waals surface area contributed by atoms with Gasteiger partial charge in [-0.2, -0.15) is 0 Å². The lowest BCUT2D eigenvalue weighted by Crippen LogP contribution is -2.50. The van der Waals surface area contributed by atoms with Gasteiger partial charge in [0.05, 0.1) is 26.8 Å². The fraction of sp³-hybridized carbons (Fsp3) is 0.652. The molecule has 9 heteroatoms. The lowest BCUT2D eigenvalue weighted by atomic mass is 10.0. The van der Waals surface area contributed by atoms with Crippen LogP contribution in [0.2, 0.25) is 0 Å². The van der Waals surface area contributed by atoms with Crippen molar-refractivity contribution in [2.45, 2.75) is 31.8 Å². The number of likely N-dealkylation sites (N-methyl/N-ethyl adjacent to an activating group) is 1. The van der Waals surface area contributed by atoms with Crippen LogP contribution in [0.3, 0.4) is 0 Å². The van der Waals surface area contributed by atoms with E-state index in [-0.39, 0.29) is 36.4 Å². The fourth-order valence-corrected chi connectivity index (χ4v) is 3.92. The number of rotatable bonds is 8. The summed E-state index contributed by atoms with van der Waals surface area (Å²) in [5, 5.41) is 6.75. The fourth-order valence-electron chi connectivity index (χ4n) is 3.92. The van der Waals surface area contributed by atoms with Crippen LogP contribution in [0.1, 0.15) is 24.8 Å². The Hall–Kier alpha value is -1.59. The van der Waals surface area contributed by atoms with Gasteiger partial charge < -0.3 is 29.9 Å². The van der Waals surface area contributed by atoms with E-state index in [9.17, 15) is 4.79 Å². The molecule has 0 aromatic heterocycles. The number of nitrogens with one attached hydrogen (secondary N) is 2. The number of ether oxygens (including phenoxy) is 2. The molecule has 8 nitrogen and oxygen atoms in total. The van der Waals surface area contributed by atoms with E-state index in [2.05, 4.69) is 15.5 Å². The normalized spacial score (nSPS) is 19.8. The second-order valence-corrected chi connectivity index (χ2v) is 8.60. The minimum absolute atomic E-state index is 0. The summed E-state index contributed by atoms with van der Waals surface area (Å²) in [5.41, 5.74) is 1.09. The molecular weight excluding hydrogens is 521 g/mol. The molecule has 1 amide bonds. The van der Waals surface area contributed by atoms with Crippen molar-refractivity contribution in [3.8, 4) is 5.75 Å². The number of carbonyl (C=O) groups excluding carboxylic acids is 1. The van der Waals surface area contributed by atoms with Gasteiger partial charge in [-0.05, 0) is 42.9 Å². The smallest absolute Gasteiger partial charge is 0.241 e. The Labute approximate surface area is 209 Å². The largest absolute Gasteiger partial charge is 0.497 e. The number of piperidine rings is 1. The number of guanidine groups is 1. The molecule has 0 bridgehead atoms. The standard InChI is InChI=1S/C23H37N5O3.HI/c1-27(2)22(29)15-25-23(24-14-18-4-6-21(30-3)7-5-18)26-20-8-11-28(12-9-20)16-19-10-13-31-17-19;/h4-7,19-20H,8-17H2,1-3H3,(H2,24,25,26);1H. The van der Waals surface area contributed by atoms with Crippen molar-refractivity contribution < 1.29 is 14.3 Å². The summed E-state index contributed by atoms with van der Waals surface area (Å²) in [6.07, 6.45) is 3.32. The zero-order valence-corrected chi connectivity index (χ0v) is 21.8. The maximum absolute atomic E-state index is 12.0. The number of hydrogen-bond donors (Lipinski definition) is 2. The molecule has 1 aromatic carbocycles. The third-order valence-electron chi connectivity index (χ3n) is 5.95. The van der Waals surface area contributed by atoms with Gasteiger partial charge in [0, 0.05) is 46.4 Å². The maximum atomic E-state index is 12.0. The SMILES string of the molecule is COc1ccc(CN=C(NCC(=O)N(C)C)NC2CCN(CC3CCOC3)CC2)cc1.I. The van der Waals surface area contributed by atoms with E-state index in [1.807, 2.05) is 24.3 Å². The van der Waals surface area contributed by atoms with Crippen LogP contribution in [0.15, 0.2) is 29.3 Å². The van der Waals surface area contributed by atoms with Gasteiger partial charge in [0.2, 0.25) is 5.91 Å². The van der Waals surface area contributed by atoms with E-state index in [4.69, 9.17) is 14.5 Å². The summed E-state index contributed by atoms with van der Waals surface area (Å²) in [5.74, 6) is 2.22. The molecule has 0 spiro atoms. The Morgan fingerprint density at radius 3 is 2.53 bits per heavy atom. The molecule has 180 valence electrons. The molecule has 2 saturated heterocycles. The number of hydrogen-bond acceptors (Lipinski definition) is 5. The number of aliphatic imine (C=N–C) groups is 1. The van der Waals surface area contributed by atoms with Gasteiger partial charge in [-0.25, -0.2) is 4.99 Å². The highest BCUT2D eigenvalue weighted by Crippen LogP contribution is 2.18. The minimum atomic E-state index is 0. The number of amides is 1. The predicted molar refractivity (Wildman–Crippen MR) is 138 cm³/mol. The molecule has 1 atom stereocenters. The number of halogens is 1. The van der Waals surface area contributed by atoms with Crippen molar-refractivity contribution in [3.05, 3.63) is 29.8 Å². The Kier molecular flexibility index (Phi) is 11.5. The van der Waals surface area contributed by atoms with Gasteiger partial charge in [-0.15, -0.1) is 24.0 Å². The van der Waals surface area contributed by atoms with Gasteiger partial charge in [0.15, 0.2) is 5.96 Å². The zero-order valence-electron chi connectivity index (χ0n) is 19.5. The molecule has 0 aliphatic carbocycles. The number of likely N-dealkylation sites (tertiary alicyclic amines) is 1. The Morgan fingerprint density at radius 2 is 1.94 bits per heavy atom. The van der Waals surface area contributed by atoms with Crippen LogP contribution in [-0.2, 0) is 16.1 Å². The summed E-state index contributed by atoms with van der Waals surface area (Å²) in [7, 11) is 5.18. The molecule has 0 radical (unpaired) electrons. The quantitative estimate of drug-likeness (QED) is 0.288. The number of methoxy groups -OCH3 is 1. The molecule has 2 aliphatic heterocycles. The van der Waals surface area contributed by atoms with Gasteiger partial charge in [0.1, 0.15) is 5.75 Å². The van der Waals surface area contributed by atoms with Crippen LogP contribution in [0.5, 0.6) is 5.75 Å². The van der Waals surface area contributed by atoms with Crippen molar-refractivity contribution in [2.75, 3.05) is 60.6 Å². The third kappa shape index (κ3) is 8.74. The van der Waals surface area contributed by atoms with Crippen LogP contribution >= 0.6 is 24.0 Å². The first-order valence-electron chi connectivity index (χ1n) is 11.2. The van der Waals surface area contributed by atoms with Gasteiger partial charge in [-0.3, -0.25) is 4.79 Å². The van der Waals surface area contributed by atoms with Crippen molar-refractivity contribution in [1.29, 1.82) is 0 Å². The van der Waals surface area contributed by atoms with Crippen molar-refractivity contribution in [3.63, 3.8) is 0 Å². The molecular formula is C23H38IN5O3. The topological polar surface area (TPSA) is 78.4 Å². The highest BCUT2D eigenvalue weighted by atomic mass is 127. The average Bonchev–Trinajstić information content (AvgIpc) is 3.30. The average molecular weight is 559 g/mol. The van der Waals surface area contributed by atoms with Crippen LogP contribution in [0.25, 0.3) is 0 Å². The Morgan fingerprint density at radius 1 is 1.22 bits per heavy atom. The van der Waals surface area contributed by atoms with Crippen molar-refractivity contribution in [1.82, 2.24) is 20.4 Å². The van der Waals surface area contributed by atoms with Crippen molar-refractivity contribution in [2.24, 2.45) is 10.9 Å². The molecule has 1 aromatic rings. The van der Waals surface area contributed by atoms with Gasteiger partial charge in [-0.1, -0.05) is 12.1 Å². The van der Waals surface area contributed by atoms with E-state index in [1.54, 1.807) is 26.1 Å². The minimum Gasteiger partial charge on any atom is -0.497 e. The Balaban J connectivity index is 0.00000363. The molecule has 2 N–H and O–H groups in total. The summed E-state index contributed by atoms with van der Waals surface area (Å²) in [6, 6.07) is 8.25. The van der Waals surface area contributed by atoms with E-state index in [0.717, 1.165) is 57.0 Å². The first-order chi connectivity index (χ1) is 15.0. The molecule has 32 heavy (non-hydrogen) atoms. The van der Waals surface area contributed by atoms with E-state index >= 15 is 0 Å². The zero-order chi connectivity index (χ0) is 22.1. The van der Waals surface area contributed by atoms with Gasteiger partial charge in [0.25, 0.3) is 0 Å². The van der Waals surface area contributed by atoms with E-state index < -0.39 is 0 Å². The van der Waals surface area contributed by atoms with Crippen LogP contribution in [-0.4, -0.2) is 88.3 Å². The summed E-state index contributed by atoms with van der Waals surface area (Å²) >= 11 is 0. The van der Waals surface area contributed by atoms with E-state index in [0.29, 0.717) is 24.5 Å². The highest BCUT2D eigenvalue weighted by molar-refractivity contribution is 14.0. The molecule has 2 aliphatic rings. The molecule has 2 heterocycles. The van der Waals surface area contributed by atoms with Crippen LogP contribution in [0.4, 0.5) is 0 Å². The first kappa shape index (κ1) is 26.7. The second kappa shape index (κ2) is 13.8. The number of carbonyl (C=O) groups is 1. The molecule has 0 saturated carbocycles. The van der Waals surface area contributed by atoms with Crippen molar-refractivity contribution >= 4 is 35.8 Å². The molecule has 3 rings (SSSR count). The lowest BCUT2D eigenvalue weighted by molar-refractivity contribution is -0.127. The molecule has 1 unspecified atom stereocenters. The van der Waals surface area contributed by atoms with Crippen LogP contribution in [0, 0.1) is 5.92 Å².